The number of carboxylic acids is 1. The van der Waals surface area contributed by atoms with Crippen LogP contribution in [0.25, 0.3) is 21.3 Å². The van der Waals surface area contributed by atoms with Crippen molar-refractivity contribution in [3.8, 4) is 22.3 Å². The molecule has 2 N–H and O–H groups in total. The lowest BCUT2D eigenvalue weighted by Crippen LogP contribution is -2.30. The van der Waals surface area contributed by atoms with Gasteiger partial charge in [-0.3, -0.25) is 4.79 Å². The van der Waals surface area contributed by atoms with Gasteiger partial charge >= 0.3 is 5.97 Å². The van der Waals surface area contributed by atoms with Crippen LogP contribution in [0.4, 0.5) is 0 Å². The van der Waals surface area contributed by atoms with Gasteiger partial charge in [-0.05, 0) is 74.1 Å². The van der Waals surface area contributed by atoms with Gasteiger partial charge in [-0.1, -0.05) is 6.07 Å². The van der Waals surface area contributed by atoms with Crippen LogP contribution in [0.3, 0.4) is 0 Å². The molecule has 0 aliphatic heterocycles. The number of nitrogens with zero attached hydrogens (tertiary/aromatic N) is 2. The van der Waals surface area contributed by atoms with Crippen LogP contribution in [0.2, 0.25) is 0 Å². The van der Waals surface area contributed by atoms with E-state index in [9.17, 15) is 28.4 Å². The molecule has 40 heavy (non-hydrogen) atoms. The van der Waals surface area contributed by atoms with Crippen LogP contribution in [0.1, 0.15) is 64.1 Å². The van der Waals surface area contributed by atoms with Gasteiger partial charge in [0.25, 0.3) is 0 Å². The number of fused-ring (bicyclic) bond motifs is 2. The maximum atomic E-state index is 13.2. The van der Waals surface area contributed by atoms with E-state index in [1.54, 1.807) is 35.6 Å². The fraction of sp³-hybridized carbons (Fsp3) is 0.276. The topological polar surface area (TPSA) is 138 Å². The van der Waals surface area contributed by atoms with Crippen molar-refractivity contribution in [1.82, 2.24) is 9.29 Å². The Morgan fingerprint density at radius 2 is 2.00 bits per heavy atom. The van der Waals surface area contributed by atoms with Gasteiger partial charge in [-0.2, -0.15) is 5.26 Å². The van der Waals surface area contributed by atoms with Gasteiger partial charge < -0.3 is 14.4 Å². The minimum atomic E-state index is -3.86. The Bertz CT molecular complexity index is 1900. The Hall–Kier alpha value is -3.98. The number of ether oxygens (including phenoxy) is 1. The first-order valence-corrected chi connectivity index (χ1v) is 15.2. The van der Waals surface area contributed by atoms with Crippen molar-refractivity contribution < 1.29 is 23.1 Å². The van der Waals surface area contributed by atoms with Crippen molar-refractivity contribution in [2.24, 2.45) is 0 Å². The predicted octanol–water partition coefficient (Wildman–Crippen LogP) is 5.00. The number of aromatic nitrogens is 1. The zero-order valence-electron chi connectivity index (χ0n) is 21.5. The van der Waals surface area contributed by atoms with Gasteiger partial charge in [0, 0.05) is 33.6 Å². The summed E-state index contributed by atoms with van der Waals surface area (Å²) in [5, 5.41) is 19.1. The highest BCUT2D eigenvalue weighted by molar-refractivity contribution is 7.89. The monoisotopic (exact) mass is 575 g/mol. The van der Waals surface area contributed by atoms with Crippen LogP contribution in [0.5, 0.6) is 5.75 Å². The van der Waals surface area contributed by atoms with Crippen molar-refractivity contribution in [3.05, 3.63) is 80.5 Å². The number of carbonyl (C=O) groups is 1. The number of hydrogen-bond acceptors (Lipinski definition) is 7. The summed E-state index contributed by atoms with van der Waals surface area (Å²) in [6.07, 6.45) is 5.45. The Morgan fingerprint density at radius 3 is 2.70 bits per heavy atom. The average Bonchev–Trinajstić information content (AvgIpc) is 3.70. The second kappa shape index (κ2) is 9.89. The molecule has 1 saturated carbocycles. The molecule has 2 aromatic heterocycles. The molecule has 1 atom stereocenters. The first-order chi connectivity index (χ1) is 19.2. The van der Waals surface area contributed by atoms with Crippen molar-refractivity contribution in [2.45, 2.75) is 49.1 Å². The van der Waals surface area contributed by atoms with Gasteiger partial charge in [0.05, 0.1) is 34.5 Å². The second-order valence-electron chi connectivity index (χ2n) is 10.1. The minimum Gasteiger partial charge on any atom is -0.494 e. The zero-order chi connectivity index (χ0) is 28.2. The number of nitriles is 1. The summed E-state index contributed by atoms with van der Waals surface area (Å²) in [5.41, 5.74) is 1.68. The minimum absolute atomic E-state index is 0.0455. The quantitative estimate of drug-likeness (QED) is 0.316. The number of aryl methyl sites for hydroxylation is 1. The molecule has 2 heterocycles. The van der Waals surface area contributed by atoms with E-state index < -0.39 is 27.5 Å². The highest BCUT2D eigenvalue weighted by Gasteiger charge is 2.31. The Morgan fingerprint density at radius 1 is 1.20 bits per heavy atom. The number of hydrogen-bond donors (Lipinski definition) is 2. The largest absolute Gasteiger partial charge is 0.494 e. The number of benzene rings is 2. The van der Waals surface area contributed by atoms with Crippen LogP contribution in [0.15, 0.2) is 58.4 Å². The molecule has 1 fully saturated rings. The standard InChI is InChI=1S/C29H25N3O6S2/c1-38-28-19(10-11-20-26(28)32(17-8-9-17)15-22(27(20)33)29(34)35)25-13-21-23(6-3-7-24(21)39-25)31-40(36,37)18-5-2-4-16(12-18)14-30/h2,4-5,10-13,15,17,23,31H,3,6-9H2,1H3,(H,34,35). The predicted molar refractivity (Wildman–Crippen MR) is 150 cm³/mol. The van der Waals surface area contributed by atoms with Gasteiger partial charge in [0.1, 0.15) is 5.56 Å². The summed E-state index contributed by atoms with van der Waals surface area (Å²) in [4.78, 5) is 26.8. The highest BCUT2D eigenvalue weighted by Crippen LogP contribution is 2.46. The molecule has 0 bridgehead atoms. The van der Waals surface area contributed by atoms with E-state index in [2.05, 4.69) is 4.72 Å². The summed E-state index contributed by atoms with van der Waals surface area (Å²) in [6.45, 7) is 0. The lowest BCUT2D eigenvalue weighted by molar-refractivity contribution is 0.0694. The number of sulfonamides is 1. The molecule has 0 amide bonds. The molecule has 4 aromatic rings. The van der Waals surface area contributed by atoms with Crippen LogP contribution in [-0.2, 0) is 16.4 Å². The van der Waals surface area contributed by atoms with E-state index in [-0.39, 0.29) is 22.1 Å². The first-order valence-electron chi connectivity index (χ1n) is 12.9. The van der Waals surface area contributed by atoms with E-state index >= 15 is 0 Å². The number of pyridine rings is 1. The number of thiophene rings is 1. The Balaban J connectivity index is 1.43. The first kappa shape index (κ1) is 26.3. The fourth-order valence-corrected chi connectivity index (χ4v) is 7.99. The van der Waals surface area contributed by atoms with Crippen molar-refractivity contribution in [3.63, 3.8) is 0 Å². The van der Waals surface area contributed by atoms with E-state index in [0.29, 0.717) is 23.1 Å². The second-order valence-corrected chi connectivity index (χ2v) is 12.9. The Kier molecular flexibility index (Phi) is 6.49. The van der Waals surface area contributed by atoms with Gasteiger partial charge in [-0.15, -0.1) is 11.3 Å². The van der Waals surface area contributed by atoms with Crippen LogP contribution >= 0.6 is 11.3 Å². The number of nitrogens with one attached hydrogen (secondary N) is 1. The summed E-state index contributed by atoms with van der Waals surface area (Å²) in [5.74, 6) is -0.773. The van der Waals surface area contributed by atoms with Crippen molar-refractivity contribution in [2.75, 3.05) is 7.11 Å². The number of methoxy groups -OCH3 is 1. The Labute approximate surface area is 234 Å². The molecular weight excluding hydrogens is 550 g/mol. The molecule has 11 heteroatoms. The molecule has 2 aromatic carbocycles. The summed E-state index contributed by atoms with van der Waals surface area (Å²) in [6, 6.07) is 13.0. The SMILES string of the molecule is COc1c(-c2cc3c(s2)CCCC3NS(=O)(=O)c2cccc(C#N)c2)ccc2c(=O)c(C(=O)O)cn(C3CC3)c12. The normalized spacial score (nSPS) is 16.9. The number of rotatable bonds is 7. The summed E-state index contributed by atoms with van der Waals surface area (Å²) < 4.78 is 37.0. The van der Waals surface area contributed by atoms with Crippen LogP contribution < -0.4 is 14.9 Å². The highest BCUT2D eigenvalue weighted by atomic mass is 32.2. The molecule has 1 unspecified atom stereocenters. The molecule has 0 spiro atoms. The van der Waals surface area contributed by atoms with E-state index in [1.165, 1.54) is 25.4 Å². The average molecular weight is 576 g/mol. The lowest BCUT2D eigenvalue weighted by Gasteiger charge is -2.23. The molecule has 6 rings (SSSR count). The summed E-state index contributed by atoms with van der Waals surface area (Å²) in [7, 11) is -2.33. The number of carboxylic acid groups (broad SMARTS) is 1. The molecule has 2 aliphatic carbocycles. The molecule has 9 nitrogen and oxygen atoms in total. The van der Waals surface area contributed by atoms with E-state index in [1.807, 2.05) is 16.7 Å². The third-order valence-electron chi connectivity index (χ3n) is 7.47. The maximum absolute atomic E-state index is 13.2. The molecule has 2 aliphatic rings. The van der Waals surface area contributed by atoms with Gasteiger partial charge in [0.2, 0.25) is 15.5 Å². The van der Waals surface area contributed by atoms with Gasteiger partial charge in [-0.25, -0.2) is 17.9 Å². The summed E-state index contributed by atoms with van der Waals surface area (Å²) >= 11 is 1.56. The maximum Gasteiger partial charge on any atom is 0.341 e. The molecule has 0 saturated heterocycles. The molecular formula is C29H25N3O6S2. The van der Waals surface area contributed by atoms with Gasteiger partial charge in [0.15, 0.2) is 5.75 Å². The van der Waals surface area contributed by atoms with Crippen LogP contribution in [0, 0.1) is 11.3 Å². The zero-order valence-corrected chi connectivity index (χ0v) is 23.1. The molecule has 204 valence electrons. The van der Waals surface area contributed by atoms with Crippen molar-refractivity contribution >= 4 is 38.2 Å². The third-order valence-corrected chi connectivity index (χ3v) is 10.2. The van der Waals surface area contributed by atoms with E-state index in [4.69, 9.17) is 4.74 Å². The smallest absolute Gasteiger partial charge is 0.341 e. The third kappa shape index (κ3) is 4.48. The number of aromatic carboxylic acids is 1. The molecule has 0 radical (unpaired) electrons. The fourth-order valence-electron chi connectivity index (χ4n) is 5.41. The van der Waals surface area contributed by atoms with Crippen LogP contribution in [-0.4, -0.2) is 31.2 Å². The lowest BCUT2D eigenvalue weighted by atomic mass is 9.94. The van der Waals surface area contributed by atoms with E-state index in [0.717, 1.165) is 46.6 Å². The van der Waals surface area contributed by atoms with Crippen molar-refractivity contribution in [1.29, 1.82) is 5.26 Å².